The molecule has 0 N–H and O–H groups in total. The van der Waals surface area contributed by atoms with Crippen molar-refractivity contribution in [3.8, 4) is 0 Å². The predicted molar refractivity (Wildman–Crippen MR) is 59.8 cm³/mol. The van der Waals surface area contributed by atoms with Crippen LogP contribution in [0.15, 0.2) is 9.59 Å². The lowest BCUT2D eigenvalue weighted by Crippen LogP contribution is -2.38. The Bertz CT molecular complexity index is 788. The molecule has 2 aromatic rings. The van der Waals surface area contributed by atoms with E-state index in [1.165, 1.54) is 21.0 Å². The standard InChI is InChI=1S/C10H9F3N4O2/c1-4-5-6(15-8(14-4)10(11,12)13)16(2)9(19)17(3)7(5)18/h1-3H3. The third kappa shape index (κ3) is 1.90. The minimum atomic E-state index is -4.74. The normalized spacial score (nSPS) is 12.1. The number of nitrogens with zero attached hydrogens (tertiary/aromatic N) is 4. The lowest BCUT2D eigenvalue weighted by atomic mass is 10.3. The van der Waals surface area contributed by atoms with E-state index in [4.69, 9.17) is 0 Å². The van der Waals surface area contributed by atoms with Gasteiger partial charge in [0.25, 0.3) is 5.56 Å². The van der Waals surface area contributed by atoms with Crippen molar-refractivity contribution in [2.24, 2.45) is 14.1 Å². The molecule has 9 heteroatoms. The zero-order valence-corrected chi connectivity index (χ0v) is 10.2. The largest absolute Gasteiger partial charge is 0.451 e. The summed E-state index contributed by atoms with van der Waals surface area (Å²) in [6.07, 6.45) is -4.74. The molecule has 0 bridgehead atoms. The number of hydrogen-bond acceptors (Lipinski definition) is 4. The van der Waals surface area contributed by atoms with E-state index in [2.05, 4.69) is 9.97 Å². The summed E-state index contributed by atoms with van der Waals surface area (Å²) in [6.45, 7) is 1.27. The summed E-state index contributed by atoms with van der Waals surface area (Å²) in [5, 5.41) is -0.0994. The van der Waals surface area contributed by atoms with Gasteiger partial charge in [-0.25, -0.2) is 14.8 Å². The van der Waals surface area contributed by atoms with Crippen LogP contribution >= 0.6 is 0 Å². The van der Waals surface area contributed by atoms with E-state index in [1.807, 2.05) is 0 Å². The SMILES string of the molecule is Cc1nc(C(F)(F)F)nc2c1c(=O)n(C)c(=O)n2C. The summed E-state index contributed by atoms with van der Waals surface area (Å²) in [5.41, 5.74) is -1.91. The van der Waals surface area contributed by atoms with E-state index in [0.29, 0.717) is 0 Å². The van der Waals surface area contributed by atoms with Crippen molar-refractivity contribution in [2.45, 2.75) is 13.1 Å². The van der Waals surface area contributed by atoms with Crippen molar-refractivity contribution in [1.29, 1.82) is 0 Å². The Morgan fingerprint density at radius 3 is 2.16 bits per heavy atom. The lowest BCUT2D eigenvalue weighted by Gasteiger charge is -2.11. The van der Waals surface area contributed by atoms with Gasteiger partial charge < -0.3 is 0 Å². The molecule has 19 heavy (non-hydrogen) atoms. The molecule has 0 aliphatic carbocycles. The van der Waals surface area contributed by atoms with Crippen molar-refractivity contribution in [2.75, 3.05) is 0 Å². The molecule has 0 aliphatic heterocycles. The Kier molecular flexibility index (Phi) is 2.72. The van der Waals surface area contributed by atoms with Crippen molar-refractivity contribution in [3.63, 3.8) is 0 Å². The summed E-state index contributed by atoms with van der Waals surface area (Å²) >= 11 is 0. The molecule has 0 unspecified atom stereocenters. The smallest absolute Gasteiger partial charge is 0.280 e. The first kappa shape index (κ1) is 13.2. The molecule has 2 rings (SSSR count). The van der Waals surface area contributed by atoms with E-state index in [1.54, 1.807) is 0 Å². The molecule has 0 aromatic carbocycles. The van der Waals surface area contributed by atoms with Gasteiger partial charge in [-0.1, -0.05) is 0 Å². The fourth-order valence-corrected chi connectivity index (χ4v) is 1.75. The molecular formula is C10H9F3N4O2. The van der Waals surface area contributed by atoms with Crippen LogP contribution in [0.2, 0.25) is 0 Å². The van der Waals surface area contributed by atoms with E-state index in [0.717, 1.165) is 9.13 Å². The van der Waals surface area contributed by atoms with Gasteiger partial charge >= 0.3 is 11.9 Å². The third-order valence-corrected chi connectivity index (χ3v) is 2.73. The van der Waals surface area contributed by atoms with Crippen LogP contribution in [0, 0.1) is 6.92 Å². The quantitative estimate of drug-likeness (QED) is 0.695. The molecule has 0 atom stereocenters. The predicted octanol–water partition coefficient (Wildman–Crippen LogP) is 0.354. The topological polar surface area (TPSA) is 69.8 Å². The Balaban J connectivity index is 3.07. The zero-order chi connectivity index (χ0) is 14.5. The molecule has 2 aromatic heterocycles. The van der Waals surface area contributed by atoms with Crippen LogP contribution in [0.3, 0.4) is 0 Å². The van der Waals surface area contributed by atoms with E-state index < -0.39 is 23.2 Å². The number of rotatable bonds is 0. The van der Waals surface area contributed by atoms with Crippen LogP contribution in [-0.2, 0) is 20.3 Å². The first-order valence-corrected chi connectivity index (χ1v) is 5.16. The van der Waals surface area contributed by atoms with Gasteiger partial charge in [0, 0.05) is 14.1 Å². The van der Waals surface area contributed by atoms with Gasteiger partial charge in [-0.05, 0) is 6.92 Å². The van der Waals surface area contributed by atoms with Crippen LogP contribution in [0.25, 0.3) is 11.0 Å². The average molecular weight is 274 g/mol. The second kappa shape index (κ2) is 3.90. The average Bonchev–Trinajstić information content (AvgIpc) is 2.31. The lowest BCUT2D eigenvalue weighted by molar-refractivity contribution is -0.144. The minimum absolute atomic E-state index is 0.0994. The summed E-state index contributed by atoms with van der Waals surface area (Å²) in [4.78, 5) is 30.1. The monoisotopic (exact) mass is 274 g/mol. The van der Waals surface area contributed by atoms with Gasteiger partial charge in [0.05, 0.1) is 5.69 Å². The highest BCUT2D eigenvalue weighted by molar-refractivity contribution is 5.76. The van der Waals surface area contributed by atoms with Crippen LogP contribution in [0.5, 0.6) is 0 Å². The fourth-order valence-electron chi connectivity index (χ4n) is 1.75. The Morgan fingerprint density at radius 1 is 1.05 bits per heavy atom. The van der Waals surface area contributed by atoms with Crippen molar-refractivity contribution in [3.05, 3.63) is 32.4 Å². The van der Waals surface area contributed by atoms with Gasteiger partial charge in [0.2, 0.25) is 5.82 Å². The van der Waals surface area contributed by atoms with E-state index in [-0.39, 0.29) is 16.7 Å². The van der Waals surface area contributed by atoms with Crippen LogP contribution in [-0.4, -0.2) is 19.1 Å². The number of aryl methyl sites for hydroxylation is 2. The number of alkyl halides is 3. The van der Waals surface area contributed by atoms with Crippen LogP contribution in [0.4, 0.5) is 13.2 Å². The summed E-state index contributed by atoms with van der Waals surface area (Å²) in [7, 11) is 2.48. The molecule has 6 nitrogen and oxygen atoms in total. The first-order chi connectivity index (χ1) is 8.64. The van der Waals surface area contributed by atoms with Gasteiger partial charge in [-0.3, -0.25) is 13.9 Å². The van der Waals surface area contributed by atoms with Crippen molar-refractivity contribution < 1.29 is 13.2 Å². The molecule has 0 saturated carbocycles. The maximum absolute atomic E-state index is 12.6. The molecule has 0 aliphatic rings. The Morgan fingerprint density at radius 2 is 1.63 bits per heavy atom. The maximum Gasteiger partial charge on any atom is 0.451 e. The third-order valence-electron chi connectivity index (χ3n) is 2.73. The highest BCUT2D eigenvalue weighted by Crippen LogP contribution is 2.27. The molecule has 0 amide bonds. The second-order valence-corrected chi connectivity index (χ2v) is 4.03. The molecule has 0 fully saturated rings. The minimum Gasteiger partial charge on any atom is -0.280 e. The van der Waals surface area contributed by atoms with Crippen LogP contribution in [0.1, 0.15) is 11.5 Å². The van der Waals surface area contributed by atoms with Gasteiger partial charge in [-0.2, -0.15) is 13.2 Å². The molecular weight excluding hydrogens is 265 g/mol. The Hall–Kier alpha value is -2.19. The Labute approximate surface area is 104 Å². The number of fused-ring (bicyclic) bond motifs is 1. The maximum atomic E-state index is 12.6. The van der Waals surface area contributed by atoms with Crippen molar-refractivity contribution >= 4 is 11.0 Å². The van der Waals surface area contributed by atoms with E-state index in [9.17, 15) is 22.8 Å². The molecule has 102 valence electrons. The van der Waals surface area contributed by atoms with Gasteiger partial charge in [0.15, 0.2) is 5.65 Å². The number of aromatic nitrogens is 4. The molecule has 0 saturated heterocycles. The number of hydrogen-bond donors (Lipinski definition) is 0. The molecule has 2 heterocycles. The molecule has 0 radical (unpaired) electrons. The van der Waals surface area contributed by atoms with E-state index >= 15 is 0 Å². The molecule has 0 spiro atoms. The second-order valence-electron chi connectivity index (χ2n) is 4.03. The summed E-state index contributed by atoms with van der Waals surface area (Å²) < 4.78 is 39.5. The van der Waals surface area contributed by atoms with Crippen molar-refractivity contribution in [1.82, 2.24) is 19.1 Å². The van der Waals surface area contributed by atoms with Gasteiger partial charge in [0.1, 0.15) is 5.39 Å². The highest BCUT2D eigenvalue weighted by Gasteiger charge is 2.35. The highest BCUT2D eigenvalue weighted by atomic mass is 19.4. The first-order valence-electron chi connectivity index (χ1n) is 5.16. The fraction of sp³-hybridized carbons (Fsp3) is 0.400. The zero-order valence-electron chi connectivity index (χ0n) is 10.2. The summed E-state index contributed by atoms with van der Waals surface area (Å²) in [5.74, 6) is -1.37. The van der Waals surface area contributed by atoms with Crippen LogP contribution < -0.4 is 11.2 Å². The summed E-state index contributed by atoms with van der Waals surface area (Å²) in [6, 6.07) is 0. The van der Waals surface area contributed by atoms with Gasteiger partial charge in [-0.15, -0.1) is 0 Å². The number of halogens is 3.